The van der Waals surface area contributed by atoms with E-state index in [1.165, 1.54) is 0 Å². The Hall–Kier alpha value is -2.74. The van der Waals surface area contributed by atoms with E-state index in [-0.39, 0.29) is 30.8 Å². The number of amides is 1. The Labute approximate surface area is 170 Å². The van der Waals surface area contributed by atoms with E-state index in [2.05, 4.69) is 20.4 Å². The zero-order valence-corrected chi connectivity index (χ0v) is 17.1. The van der Waals surface area contributed by atoms with Crippen molar-refractivity contribution >= 4 is 11.9 Å². The number of aromatic nitrogens is 2. The lowest BCUT2D eigenvalue weighted by Gasteiger charge is -2.22. The van der Waals surface area contributed by atoms with E-state index in [9.17, 15) is 9.59 Å². The van der Waals surface area contributed by atoms with Crippen LogP contribution in [0.25, 0.3) is 0 Å². The first-order valence-electron chi connectivity index (χ1n) is 9.80. The second-order valence-corrected chi connectivity index (χ2v) is 8.58. The zero-order chi connectivity index (χ0) is 21.0. The predicted molar refractivity (Wildman–Crippen MR) is 106 cm³/mol. The van der Waals surface area contributed by atoms with Gasteiger partial charge < -0.3 is 14.9 Å². The molecule has 1 aromatic carbocycles. The first kappa shape index (κ1) is 21.0. The van der Waals surface area contributed by atoms with Crippen LogP contribution in [0.3, 0.4) is 0 Å². The number of hydrogen-bond donors (Lipinski definition) is 2. The van der Waals surface area contributed by atoms with Gasteiger partial charge in [0, 0.05) is 25.4 Å². The summed E-state index contributed by atoms with van der Waals surface area (Å²) >= 11 is 0. The van der Waals surface area contributed by atoms with Crippen molar-refractivity contribution in [1.29, 1.82) is 0 Å². The van der Waals surface area contributed by atoms with Crippen LogP contribution in [0, 0.1) is 5.41 Å². The Kier molecular flexibility index (Phi) is 6.32. The minimum absolute atomic E-state index is 0.0393. The monoisotopic (exact) mass is 400 g/mol. The molecule has 2 heterocycles. The summed E-state index contributed by atoms with van der Waals surface area (Å²) in [6.07, 6.45) is 1.42. The molecule has 1 aliphatic heterocycles. The number of nitrogens with one attached hydrogen (secondary N) is 1. The Bertz CT molecular complexity index is 849. The lowest BCUT2D eigenvalue weighted by Crippen LogP contribution is -2.38. The second-order valence-electron chi connectivity index (χ2n) is 8.58. The predicted octanol–water partition coefficient (Wildman–Crippen LogP) is 2.41. The molecular formula is C21H28N4O4. The highest BCUT2D eigenvalue weighted by molar-refractivity contribution is 5.78. The number of carboxylic acid groups (broad SMARTS) is 1. The molecule has 1 saturated heterocycles. The number of carbonyl (C=O) groups excluding carboxylic acids is 1. The SMILES string of the molecule is CN1CC(NC(=O)CC(C)(C)CC(=O)O)CC1c1nc(Cc2ccccc2)no1. The molecule has 2 atom stereocenters. The molecule has 2 aromatic rings. The van der Waals surface area contributed by atoms with Gasteiger partial charge in [-0.2, -0.15) is 4.98 Å². The van der Waals surface area contributed by atoms with Crippen LogP contribution in [0.5, 0.6) is 0 Å². The largest absolute Gasteiger partial charge is 0.481 e. The summed E-state index contributed by atoms with van der Waals surface area (Å²) in [4.78, 5) is 30.0. The van der Waals surface area contributed by atoms with Crippen molar-refractivity contribution in [3.63, 3.8) is 0 Å². The van der Waals surface area contributed by atoms with Gasteiger partial charge >= 0.3 is 5.97 Å². The maximum atomic E-state index is 12.4. The van der Waals surface area contributed by atoms with Crippen LogP contribution < -0.4 is 5.32 Å². The van der Waals surface area contributed by atoms with Crippen LogP contribution in [0.15, 0.2) is 34.9 Å². The van der Waals surface area contributed by atoms with Crippen LogP contribution in [-0.2, 0) is 16.0 Å². The van der Waals surface area contributed by atoms with Gasteiger partial charge in [-0.3, -0.25) is 14.5 Å². The fourth-order valence-electron chi connectivity index (χ4n) is 3.83. The summed E-state index contributed by atoms with van der Waals surface area (Å²) in [5.41, 5.74) is 0.535. The molecule has 29 heavy (non-hydrogen) atoms. The third-order valence-electron chi connectivity index (χ3n) is 5.16. The highest BCUT2D eigenvalue weighted by Gasteiger charge is 2.36. The maximum Gasteiger partial charge on any atom is 0.303 e. The molecule has 0 bridgehead atoms. The van der Waals surface area contributed by atoms with E-state index in [4.69, 9.17) is 9.63 Å². The molecule has 1 aliphatic rings. The minimum Gasteiger partial charge on any atom is -0.481 e. The first-order valence-corrected chi connectivity index (χ1v) is 9.80. The Morgan fingerprint density at radius 3 is 2.69 bits per heavy atom. The van der Waals surface area contributed by atoms with Crippen molar-refractivity contribution in [2.75, 3.05) is 13.6 Å². The number of likely N-dealkylation sites (N-methyl/N-ethyl adjacent to an activating group) is 1. The molecule has 8 heteroatoms. The van der Waals surface area contributed by atoms with E-state index >= 15 is 0 Å². The van der Waals surface area contributed by atoms with Gasteiger partial charge in [0.15, 0.2) is 5.82 Å². The van der Waals surface area contributed by atoms with Crippen molar-refractivity contribution in [3.8, 4) is 0 Å². The summed E-state index contributed by atoms with van der Waals surface area (Å²) in [5.74, 6) is 0.167. The van der Waals surface area contributed by atoms with E-state index in [0.717, 1.165) is 5.56 Å². The fourth-order valence-corrected chi connectivity index (χ4v) is 3.83. The van der Waals surface area contributed by atoms with Gasteiger partial charge in [0.25, 0.3) is 0 Å². The van der Waals surface area contributed by atoms with Crippen molar-refractivity contribution in [2.24, 2.45) is 5.41 Å². The number of hydrogen-bond acceptors (Lipinski definition) is 6. The number of nitrogens with zero attached hydrogens (tertiary/aromatic N) is 3. The Morgan fingerprint density at radius 2 is 2.00 bits per heavy atom. The molecule has 1 aromatic heterocycles. The summed E-state index contributed by atoms with van der Waals surface area (Å²) in [7, 11) is 1.96. The molecule has 2 unspecified atom stereocenters. The number of likely N-dealkylation sites (tertiary alicyclic amines) is 1. The lowest BCUT2D eigenvalue weighted by molar-refractivity contribution is -0.139. The van der Waals surface area contributed by atoms with Crippen LogP contribution in [0.2, 0.25) is 0 Å². The van der Waals surface area contributed by atoms with Gasteiger partial charge in [-0.1, -0.05) is 49.3 Å². The molecule has 0 spiro atoms. The van der Waals surface area contributed by atoms with E-state index in [0.29, 0.717) is 31.1 Å². The van der Waals surface area contributed by atoms with Crippen molar-refractivity contribution in [3.05, 3.63) is 47.6 Å². The third-order valence-corrected chi connectivity index (χ3v) is 5.16. The normalized spacial score (nSPS) is 20.0. The van der Waals surface area contributed by atoms with Gasteiger partial charge in [-0.25, -0.2) is 0 Å². The molecule has 3 rings (SSSR count). The summed E-state index contributed by atoms with van der Waals surface area (Å²) < 4.78 is 5.49. The summed E-state index contributed by atoms with van der Waals surface area (Å²) in [6, 6.07) is 9.88. The fraction of sp³-hybridized carbons (Fsp3) is 0.524. The smallest absolute Gasteiger partial charge is 0.303 e. The highest BCUT2D eigenvalue weighted by atomic mass is 16.5. The number of carboxylic acids is 1. The van der Waals surface area contributed by atoms with Crippen LogP contribution in [0.4, 0.5) is 0 Å². The van der Waals surface area contributed by atoms with Gasteiger partial charge in [0.05, 0.1) is 12.5 Å². The summed E-state index contributed by atoms with van der Waals surface area (Å²) in [5, 5.41) is 16.1. The number of rotatable bonds is 8. The third kappa shape index (κ3) is 5.87. The number of carbonyl (C=O) groups is 2. The molecule has 0 radical (unpaired) electrons. The molecular weight excluding hydrogens is 372 g/mol. The lowest BCUT2D eigenvalue weighted by atomic mass is 9.85. The zero-order valence-electron chi connectivity index (χ0n) is 17.1. The van der Waals surface area contributed by atoms with E-state index < -0.39 is 11.4 Å². The molecule has 8 nitrogen and oxygen atoms in total. The molecule has 0 saturated carbocycles. The molecule has 156 valence electrons. The Morgan fingerprint density at radius 1 is 1.28 bits per heavy atom. The number of benzene rings is 1. The van der Waals surface area contributed by atoms with Crippen molar-refractivity contribution < 1.29 is 19.2 Å². The molecule has 0 aliphatic carbocycles. The topological polar surface area (TPSA) is 109 Å². The second kappa shape index (κ2) is 8.73. The van der Waals surface area contributed by atoms with Crippen molar-refractivity contribution in [2.45, 2.75) is 51.6 Å². The molecule has 1 amide bonds. The first-order chi connectivity index (χ1) is 13.7. The standard InChI is InChI=1S/C21H28N4O4/c1-21(2,12-19(27)28)11-18(26)22-15-10-16(25(3)13-15)20-23-17(24-29-20)9-14-7-5-4-6-8-14/h4-8,15-16H,9-13H2,1-3H3,(H,22,26)(H,27,28). The Balaban J connectivity index is 1.56. The van der Waals surface area contributed by atoms with Crippen LogP contribution in [-0.4, -0.2) is 51.7 Å². The van der Waals surface area contributed by atoms with Crippen LogP contribution in [0.1, 0.15) is 56.4 Å². The molecule has 1 fully saturated rings. The van der Waals surface area contributed by atoms with Gasteiger partial charge in [0.1, 0.15) is 0 Å². The van der Waals surface area contributed by atoms with E-state index in [1.807, 2.05) is 37.4 Å². The average Bonchev–Trinajstić information content (AvgIpc) is 3.20. The number of aliphatic carboxylic acids is 1. The maximum absolute atomic E-state index is 12.4. The van der Waals surface area contributed by atoms with Gasteiger partial charge in [-0.15, -0.1) is 0 Å². The molecule has 2 N–H and O–H groups in total. The van der Waals surface area contributed by atoms with Gasteiger partial charge in [-0.05, 0) is 24.4 Å². The highest BCUT2D eigenvalue weighted by Crippen LogP contribution is 2.30. The minimum atomic E-state index is -0.897. The van der Waals surface area contributed by atoms with E-state index in [1.54, 1.807) is 13.8 Å². The quantitative estimate of drug-likeness (QED) is 0.700. The summed E-state index contributed by atoms with van der Waals surface area (Å²) in [6.45, 7) is 4.25. The van der Waals surface area contributed by atoms with Crippen LogP contribution >= 0.6 is 0 Å². The average molecular weight is 400 g/mol. The van der Waals surface area contributed by atoms with Gasteiger partial charge in [0.2, 0.25) is 11.8 Å². The van der Waals surface area contributed by atoms with Crippen molar-refractivity contribution in [1.82, 2.24) is 20.4 Å².